The van der Waals surface area contributed by atoms with Gasteiger partial charge in [-0.15, -0.1) is 0 Å². The van der Waals surface area contributed by atoms with Gasteiger partial charge in [-0.25, -0.2) is 4.39 Å². The summed E-state index contributed by atoms with van der Waals surface area (Å²) in [5, 5.41) is 3.13. The molecule has 0 spiro atoms. The number of thiocarbonyl (C=S) groups is 1. The molecule has 0 bridgehead atoms. The molecule has 6 heteroatoms. The Balaban J connectivity index is 1.86. The van der Waals surface area contributed by atoms with Gasteiger partial charge in [0.1, 0.15) is 5.82 Å². The summed E-state index contributed by atoms with van der Waals surface area (Å²) < 4.78 is 13.0. The zero-order valence-electron chi connectivity index (χ0n) is 10.4. The van der Waals surface area contributed by atoms with Gasteiger partial charge in [-0.3, -0.25) is 15.6 Å². The lowest BCUT2D eigenvalue weighted by atomic mass is 10.2. The van der Waals surface area contributed by atoms with Crippen LogP contribution in [-0.4, -0.2) is 11.0 Å². The first-order valence-electron chi connectivity index (χ1n) is 5.83. The average molecular weight is 289 g/mol. The second-order valence-electron chi connectivity index (χ2n) is 3.91. The fourth-order valence-electron chi connectivity index (χ4n) is 1.50. The summed E-state index contributed by atoms with van der Waals surface area (Å²) in [7, 11) is 0. The molecular formula is C14H12FN3OS. The maximum absolute atomic E-state index is 13.0. The van der Waals surface area contributed by atoms with E-state index in [0.29, 0.717) is 0 Å². The molecular weight excluding hydrogens is 277 g/mol. The molecule has 20 heavy (non-hydrogen) atoms. The van der Waals surface area contributed by atoms with Gasteiger partial charge in [0.2, 0.25) is 0 Å². The number of rotatable bonds is 2. The van der Waals surface area contributed by atoms with Crippen LogP contribution in [0.5, 0.6) is 0 Å². The molecule has 3 N–H and O–H groups in total. The summed E-state index contributed by atoms with van der Waals surface area (Å²) >= 11 is 5.02. The first-order valence-corrected chi connectivity index (χ1v) is 6.24. The Labute approximate surface area is 121 Å². The molecule has 0 aliphatic heterocycles. The Kier molecular flexibility index (Phi) is 4.62. The van der Waals surface area contributed by atoms with Gasteiger partial charge >= 0.3 is 0 Å². The molecule has 0 aliphatic rings. The van der Waals surface area contributed by atoms with Crippen LogP contribution in [0, 0.1) is 5.82 Å². The standard InChI is InChI=1S/C14H12FN3OS/c15-11-6-4-5-10(9-11)13(19)17-18-14(20)16-12-7-2-1-3-8-12/h1-9H,(H,17,19)(H2,16,18,20). The van der Waals surface area contributed by atoms with Gasteiger partial charge in [-0.05, 0) is 42.5 Å². The molecule has 0 heterocycles. The Morgan fingerprint density at radius 1 is 1.00 bits per heavy atom. The van der Waals surface area contributed by atoms with E-state index in [1.54, 1.807) is 0 Å². The van der Waals surface area contributed by atoms with Crippen molar-refractivity contribution in [2.45, 2.75) is 0 Å². The fraction of sp³-hybridized carbons (Fsp3) is 0. The highest BCUT2D eigenvalue weighted by Gasteiger charge is 2.06. The Morgan fingerprint density at radius 2 is 1.75 bits per heavy atom. The van der Waals surface area contributed by atoms with E-state index in [0.717, 1.165) is 11.8 Å². The monoisotopic (exact) mass is 289 g/mol. The number of hydrogen-bond donors (Lipinski definition) is 3. The van der Waals surface area contributed by atoms with E-state index in [-0.39, 0.29) is 10.7 Å². The number of hydrazine groups is 1. The molecule has 1 amide bonds. The maximum atomic E-state index is 13.0. The number of anilines is 1. The van der Waals surface area contributed by atoms with Gasteiger partial charge in [-0.1, -0.05) is 24.3 Å². The van der Waals surface area contributed by atoms with Crippen LogP contribution < -0.4 is 16.2 Å². The zero-order valence-corrected chi connectivity index (χ0v) is 11.2. The second kappa shape index (κ2) is 6.63. The van der Waals surface area contributed by atoms with Gasteiger partial charge in [0, 0.05) is 11.3 Å². The van der Waals surface area contributed by atoms with Crippen molar-refractivity contribution in [3.8, 4) is 0 Å². The smallest absolute Gasteiger partial charge is 0.269 e. The molecule has 0 fully saturated rings. The number of para-hydroxylation sites is 1. The average Bonchev–Trinajstić information content (AvgIpc) is 2.46. The lowest BCUT2D eigenvalue weighted by molar-refractivity contribution is 0.0943. The summed E-state index contributed by atoms with van der Waals surface area (Å²) in [5.74, 6) is -0.940. The Morgan fingerprint density at radius 3 is 2.45 bits per heavy atom. The van der Waals surface area contributed by atoms with Crippen LogP contribution >= 0.6 is 12.2 Å². The zero-order chi connectivity index (χ0) is 14.4. The molecule has 2 aromatic carbocycles. The highest BCUT2D eigenvalue weighted by molar-refractivity contribution is 7.80. The lowest BCUT2D eigenvalue weighted by Crippen LogP contribution is -2.43. The maximum Gasteiger partial charge on any atom is 0.269 e. The highest BCUT2D eigenvalue weighted by Crippen LogP contribution is 2.04. The van der Waals surface area contributed by atoms with Crippen molar-refractivity contribution >= 4 is 28.9 Å². The van der Waals surface area contributed by atoms with Crippen molar-refractivity contribution < 1.29 is 9.18 Å². The Bertz CT molecular complexity index is 619. The van der Waals surface area contributed by atoms with E-state index in [9.17, 15) is 9.18 Å². The third-order valence-electron chi connectivity index (χ3n) is 2.41. The largest absolute Gasteiger partial charge is 0.331 e. The lowest BCUT2D eigenvalue weighted by Gasteiger charge is -2.11. The second-order valence-corrected chi connectivity index (χ2v) is 4.32. The summed E-state index contributed by atoms with van der Waals surface area (Å²) in [6.45, 7) is 0. The van der Waals surface area contributed by atoms with Crippen LogP contribution in [0.4, 0.5) is 10.1 Å². The van der Waals surface area contributed by atoms with Crippen molar-refractivity contribution in [1.29, 1.82) is 0 Å². The summed E-state index contributed by atoms with van der Waals surface area (Å²) in [4.78, 5) is 11.7. The van der Waals surface area contributed by atoms with Crippen LogP contribution in [-0.2, 0) is 0 Å². The molecule has 0 saturated carbocycles. The predicted molar refractivity (Wildman–Crippen MR) is 79.7 cm³/mol. The van der Waals surface area contributed by atoms with Gasteiger partial charge in [0.05, 0.1) is 0 Å². The normalized spacial score (nSPS) is 9.65. The van der Waals surface area contributed by atoms with Crippen LogP contribution in [0.3, 0.4) is 0 Å². The van der Waals surface area contributed by atoms with Crippen molar-refractivity contribution in [2.24, 2.45) is 0 Å². The van der Waals surface area contributed by atoms with Crippen LogP contribution in [0.15, 0.2) is 54.6 Å². The molecule has 0 unspecified atom stereocenters. The van der Waals surface area contributed by atoms with Crippen molar-refractivity contribution in [2.75, 3.05) is 5.32 Å². The van der Waals surface area contributed by atoms with E-state index in [4.69, 9.17) is 12.2 Å². The molecule has 0 aromatic heterocycles. The van der Waals surface area contributed by atoms with Crippen molar-refractivity contribution in [3.63, 3.8) is 0 Å². The molecule has 102 valence electrons. The van der Waals surface area contributed by atoms with Gasteiger partial charge in [0.15, 0.2) is 5.11 Å². The van der Waals surface area contributed by atoms with E-state index in [1.807, 2.05) is 30.3 Å². The van der Waals surface area contributed by atoms with Gasteiger partial charge < -0.3 is 5.32 Å². The molecule has 2 rings (SSSR count). The van der Waals surface area contributed by atoms with Crippen LogP contribution in [0.25, 0.3) is 0 Å². The number of nitrogens with one attached hydrogen (secondary N) is 3. The topological polar surface area (TPSA) is 53.2 Å². The summed E-state index contributed by atoms with van der Waals surface area (Å²) in [6, 6.07) is 14.7. The fourth-order valence-corrected chi connectivity index (χ4v) is 1.67. The quantitative estimate of drug-likeness (QED) is 0.587. The SMILES string of the molecule is O=C(NNC(=S)Nc1ccccc1)c1cccc(F)c1. The third kappa shape index (κ3) is 4.03. The van der Waals surface area contributed by atoms with Gasteiger partial charge in [-0.2, -0.15) is 0 Å². The number of halogens is 1. The molecule has 0 saturated heterocycles. The number of carbonyl (C=O) groups is 1. The summed E-state index contributed by atoms with van der Waals surface area (Å²) in [5.41, 5.74) is 5.94. The number of carbonyl (C=O) groups excluding carboxylic acids is 1. The first-order chi connectivity index (χ1) is 9.65. The molecule has 0 aliphatic carbocycles. The minimum absolute atomic E-state index is 0.208. The molecule has 0 radical (unpaired) electrons. The Hall–Kier alpha value is -2.47. The van der Waals surface area contributed by atoms with Gasteiger partial charge in [0.25, 0.3) is 5.91 Å². The third-order valence-corrected chi connectivity index (χ3v) is 2.61. The number of amides is 1. The number of hydrogen-bond acceptors (Lipinski definition) is 2. The highest BCUT2D eigenvalue weighted by atomic mass is 32.1. The summed E-state index contributed by atoms with van der Waals surface area (Å²) in [6.07, 6.45) is 0. The van der Waals surface area contributed by atoms with E-state index >= 15 is 0 Å². The van der Waals surface area contributed by atoms with Crippen LogP contribution in [0.2, 0.25) is 0 Å². The molecule has 4 nitrogen and oxygen atoms in total. The van der Waals surface area contributed by atoms with Crippen molar-refractivity contribution in [3.05, 3.63) is 66.0 Å². The molecule has 0 atom stereocenters. The minimum atomic E-state index is -0.471. The van der Waals surface area contributed by atoms with Crippen molar-refractivity contribution in [1.82, 2.24) is 10.9 Å². The van der Waals surface area contributed by atoms with Crippen LogP contribution in [0.1, 0.15) is 10.4 Å². The predicted octanol–water partition coefficient (Wildman–Crippen LogP) is 2.46. The van der Waals surface area contributed by atoms with E-state index in [1.165, 1.54) is 18.2 Å². The first kappa shape index (κ1) is 14.0. The minimum Gasteiger partial charge on any atom is -0.331 e. The van der Waals surface area contributed by atoms with E-state index < -0.39 is 11.7 Å². The molecule has 2 aromatic rings. The number of benzene rings is 2. The van der Waals surface area contributed by atoms with E-state index in [2.05, 4.69) is 16.2 Å².